The lowest BCUT2D eigenvalue weighted by Crippen LogP contribution is -2.30. The molecule has 0 spiro atoms. The smallest absolute Gasteiger partial charge is 0.128 e. The van der Waals surface area contributed by atoms with E-state index in [-0.39, 0.29) is 11.9 Å². The van der Waals surface area contributed by atoms with Crippen molar-refractivity contribution >= 4 is 0 Å². The Kier molecular flexibility index (Phi) is 4.89. The molecule has 134 valence electrons. The molecule has 1 atom stereocenters. The molecule has 0 fully saturated rings. The maximum Gasteiger partial charge on any atom is 0.128 e. The van der Waals surface area contributed by atoms with Crippen LogP contribution >= 0.6 is 0 Å². The van der Waals surface area contributed by atoms with E-state index in [1.54, 1.807) is 12.1 Å². The molecule has 0 unspecified atom stereocenters. The van der Waals surface area contributed by atoms with E-state index < -0.39 is 0 Å². The lowest BCUT2D eigenvalue weighted by molar-refractivity contribution is 0.216. The third-order valence-corrected chi connectivity index (χ3v) is 5.43. The molecular formula is C23H25FN2. The van der Waals surface area contributed by atoms with E-state index >= 15 is 0 Å². The van der Waals surface area contributed by atoms with Crippen molar-refractivity contribution in [3.05, 3.63) is 95.1 Å². The second-order valence-corrected chi connectivity index (χ2v) is 7.00. The van der Waals surface area contributed by atoms with Crippen LogP contribution < -0.4 is 0 Å². The van der Waals surface area contributed by atoms with E-state index in [0.29, 0.717) is 0 Å². The molecule has 0 saturated carbocycles. The molecule has 3 heteroatoms. The van der Waals surface area contributed by atoms with Gasteiger partial charge in [0, 0.05) is 37.1 Å². The van der Waals surface area contributed by atoms with Crippen LogP contribution in [0.3, 0.4) is 0 Å². The van der Waals surface area contributed by atoms with Crippen molar-refractivity contribution in [2.45, 2.75) is 38.9 Å². The standard InChI is InChI=1S/C23H25FN2/c1-2-18-9-3-4-10-19(18)17-26-16-8-15-25-14-7-13-22(25)23(26)20-11-5-6-12-21(20)24/h3-7,9-14,23H,2,8,15-17H2,1H3/t23-/m1/s1. The predicted molar refractivity (Wildman–Crippen MR) is 104 cm³/mol. The van der Waals surface area contributed by atoms with Crippen LogP contribution in [-0.4, -0.2) is 16.0 Å². The molecule has 0 bridgehead atoms. The van der Waals surface area contributed by atoms with Crippen LogP contribution in [0, 0.1) is 5.82 Å². The van der Waals surface area contributed by atoms with Gasteiger partial charge in [0.25, 0.3) is 0 Å². The van der Waals surface area contributed by atoms with Gasteiger partial charge >= 0.3 is 0 Å². The maximum absolute atomic E-state index is 14.7. The van der Waals surface area contributed by atoms with Crippen LogP contribution in [0.4, 0.5) is 4.39 Å². The van der Waals surface area contributed by atoms with E-state index in [4.69, 9.17) is 0 Å². The molecule has 3 aromatic rings. The van der Waals surface area contributed by atoms with Gasteiger partial charge in [-0.1, -0.05) is 49.4 Å². The Morgan fingerprint density at radius 2 is 1.69 bits per heavy atom. The minimum Gasteiger partial charge on any atom is -0.350 e. The van der Waals surface area contributed by atoms with Crippen LogP contribution in [0.1, 0.15) is 41.8 Å². The highest BCUT2D eigenvalue weighted by Crippen LogP contribution is 2.34. The summed E-state index contributed by atoms with van der Waals surface area (Å²) in [4.78, 5) is 2.44. The Morgan fingerprint density at radius 3 is 2.50 bits per heavy atom. The molecule has 1 aromatic heterocycles. The number of hydrogen-bond acceptors (Lipinski definition) is 1. The summed E-state index contributed by atoms with van der Waals surface area (Å²) < 4.78 is 17.0. The van der Waals surface area contributed by atoms with Crippen molar-refractivity contribution in [2.75, 3.05) is 6.54 Å². The Bertz CT molecular complexity index is 883. The van der Waals surface area contributed by atoms with Crippen LogP contribution in [-0.2, 0) is 19.5 Å². The number of halogens is 1. The number of hydrogen-bond donors (Lipinski definition) is 0. The van der Waals surface area contributed by atoms with Crippen molar-refractivity contribution in [1.82, 2.24) is 9.47 Å². The first kappa shape index (κ1) is 17.0. The van der Waals surface area contributed by atoms with Gasteiger partial charge in [-0.3, -0.25) is 4.90 Å². The average Bonchev–Trinajstić information content (AvgIpc) is 3.05. The minimum absolute atomic E-state index is 0.0568. The molecule has 2 nitrogen and oxygen atoms in total. The third-order valence-electron chi connectivity index (χ3n) is 5.43. The fourth-order valence-electron chi connectivity index (χ4n) is 4.14. The summed E-state index contributed by atoms with van der Waals surface area (Å²) in [5, 5.41) is 0. The van der Waals surface area contributed by atoms with Gasteiger partial charge in [0.15, 0.2) is 0 Å². The van der Waals surface area contributed by atoms with Crippen molar-refractivity contribution in [3.8, 4) is 0 Å². The number of benzene rings is 2. The Labute approximate surface area is 154 Å². The van der Waals surface area contributed by atoms with Crippen molar-refractivity contribution in [1.29, 1.82) is 0 Å². The zero-order chi connectivity index (χ0) is 17.9. The molecule has 26 heavy (non-hydrogen) atoms. The highest BCUT2D eigenvalue weighted by Gasteiger charge is 2.29. The van der Waals surface area contributed by atoms with Crippen LogP contribution in [0.15, 0.2) is 66.9 Å². The maximum atomic E-state index is 14.7. The predicted octanol–water partition coefficient (Wildman–Crippen LogP) is 5.18. The van der Waals surface area contributed by atoms with Crippen molar-refractivity contribution in [3.63, 3.8) is 0 Å². The fourth-order valence-corrected chi connectivity index (χ4v) is 4.14. The quantitative estimate of drug-likeness (QED) is 0.630. The molecule has 4 rings (SSSR count). The normalized spacial score (nSPS) is 17.7. The van der Waals surface area contributed by atoms with E-state index in [9.17, 15) is 4.39 Å². The number of fused-ring (bicyclic) bond motifs is 1. The lowest BCUT2D eigenvalue weighted by atomic mass is 9.99. The number of nitrogens with zero attached hydrogens (tertiary/aromatic N) is 2. The number of aromatic nitrogens is 1. The second kappa shape index (κ2) is 7.46. The number of aryl methyl sites for hydroxylation is 2. The molecule has 1 aliphatic heterocycles. The Hall–Kier alpha value is -2.39. The third kappa shape index (κ3) is 3.19. The zero-order valence-electron chi connectivity index (χ0n) is 15.2. The van der Waals surface area contributed by atoms with E-state index in [0.717, 1.165) is 38.0 Å². The van der Waals surface area contributed by atoms with Gasteiger partial charge in [0.1, 0.15) is 5.82 Å². The van der Waals surface area contributed by atoms with Crippen molar-refractivity contribution < 1.29 is 4.39 Å². The first-order valence-corrected chi connectivity index (χ1v) is 9.48. The lowest BCUT2D eigenvalue weighted by Gasteiger charge is -2.31. The van der Waals surface area contributed by atoms with Crippen LogP contribution in [0.5, 0.6) is 0 Å². The Balaban J connectivity index is 1.78. The molecule has 2 aromatic carbocycles. The van der Waals surface area contributed by atoms with Gasteiger partial charge in [-0.2, -0.15) is 0 Å². The van der Waals surface area contributed by atoms with Crippen LogP contribution in [0.2, 0.25) is 0 Å². The van der Waals surface area contributed by atoms with Gasteiger partial charge < -0.3 is 4.57 Å². The van der Waals surface area contributed by atoms with E-state index in [1.807, 2.05) is 12.1 Å². The molecule has 0 saturated heterocycles. The van der Waals surface area contributed by atoms with Gasteiger partial charge in [-0.05, 0) is 42.2 Å². The van der Waals surface area contributed by atoms with Gasteiger partial charge in [0.05, 0.1) is 6.04 Å². The molecule has 0 amide bonds. The molecule has 0 aliphatic carbocycles. The summed E-state index contributed by atoms with van der Waals surface area (Å²) in [7, 11) is 0. The van der Waals surface area contributed by atoms with E-state index in [2.05, 4.69) is 59.0 Å². The zero-order valence-corrected chi connectivity index (χ0v) is 15.2. The first-order valence-electron chi connectivity index (χ1n) is 9.48. The number of rotatable bonds is 4. The van der Waals surface area contributed by atoms with Crippen LogP contribution in [0.25, 0.3) is 0 Å². The summed E-state index contributed by atoms with van der Waals surface area (Å²) in [6.07, 6.45) is 4.21. The topological polar surface area (TPSA) is 8.17 Å². The average molecular weight is 348 g/mol. The largest absolute Gasteiger partial charge is 0.350 e. The SMILES string of the molecule is CCc1ccccc1CN1CCCn2cccc2[C@H]1c1ccccc1F. The molecule has 0 radical (unpaired) electrons. The summed E-state index contributed by atoms with van der Waals surface area (Å²) in [6, 6.07) is 20.0. The summed E-state index contributed by atoms with van der Waals surface area (Å²) in [6.45, 7) is 4.98. The summed E-state index contributed by atoms with van der Waals surface area (Å²) >= 11 is 0. The van der Waals surface area contributed by atoms with Gasteiger partial charge in [0.2, 0.25) is 0 Å². The van der Waals surface area contributed by atoms with Crippen molar-refractivity contribution in [2.24, 2.45) is 0 Å². The molecule has 2 heterocycles. The Morgan fingerprint density at radius 1 is 0.923 bits per heavy atom. The molecular weight excluding hydrogens is 323 g/mol. The monoisotopic (exact) mass is 348 g/mol. The van der Waals surface area contributed by atoms with E-state index in [1.165, 1.54) is 16.8 Å². The highest BCUT2D eigenvalue weighted by atomic mass is 19.1. The molecule has 0 N–H and O–H groups in total. The minimum atomic E-state index is -0.124. The first-order chi connectivity index (χ1) is 12.8. The van der Waals surface area contributed by atoms with Gasteiger partial charge in [-0.25, -0.2) is 4.39 Å². The second-order valence-electron chi connectivity index (χ2n) is 7.00. The highest BCUT2D eigenvalue weighted by molar-refractivity contribution is 5.32. The van der Waals surface area contributed by atoms with Gasteiger partial charge in [-0.15, -0.1) is 0 Å². The molecule has 1 aliphatic rings. The fraction of sp³-hybridized carbons (Fsp3) is 0.304. The summed E-state index contributed by atoms with van der Waals surface area (Å²) in [5.41, 5.74) is 4.67. The summed E-state index contributed by atoms with van der Waals surface area (Å²) in [5.74, 6) is -0.124.